The van der Waals surface area contributed by atoms with Crippen LogP contribution >= 0.6 is 8.58 Å². The second-order valence-electron chi connectivity index (χ2n) is 11.2. The summed E-state index contributed by atoms with van der Waals surface area (Å²) in [6.45, 7) is 16.0. The van der Waals surface area contributed by atoms with Gasteiger partial charge in [-0.1, -0.05) is 117 Å². The van der Waals surface area contributed by atoms with Crippen LogP contribution in [0.1, 0.15) is 94.5 Å². The number of benzene rings is 3. The van der Waals surface area contributed by atoms with Gasteiger partial charge in [-0.2, -0.15) is 0 Å². The van der Waals surface area contributed by atoms with Crippen LogP contribution in [0.3, 0.4) is 0 Å². The van der Waals surface area contributed by atoms with E-state index in [0.29, 0.717) is 15.2 Å². The predicted molar refractivity (Wildman–Crippen MR) is 156 cm³/mol. The molecule has 0 N–H and O–H groups in total. The van der Waals surface area contributed by atoms with Crippen molar-refractivity contribution in [2.45, 2.75) is 97.7 Å². The van der Waals surface area contributed by atoms with Crippen molar-refractivity contribution in [1.82, 2.24) is 0 Å². The Morgan fingerprint density at radius 3 is 2.22 bits per heavy atom. The number of hydrogen-bond acceptors (Lipinski definition) is 1. The van der Waals surface area contributed by atoms with Gasteiger partial charge in [0.1, 0.15) is 18.2 Å². The highest BCUT2D eigenvalue weighted by molar-refractivity contribution is 7.48. The molecule has 0 radical (unpaired) electrons. The molecule has 3 aromatic rings. The van der Waals surface area contributed by atoms with E-state index in [1.54, 1.807) is 6.07 Å². The third-order valence-corrected chi connectivity index (χ3v) is 9.22. The highest BCUT2D eigenvalue weighted by Gasteiger charge is 2.36. The van der Waals surface area contributed by atoms with Crippen molar-refractivity contribution < 1.29 is 9.13 Å². The fourth-order valence-corrected chi connectivity index (χ4v) is 6.53. The molecule has 0 saturated heterocycles. The van der Waals surface area contributed by atoms with Crippen LogP contribution in [-0.2, 0) is 17.2 Å². The summed E-state index contributed by atoms with van der Waals surface area (Å²) in [4.78, 5) is 0. The van der Waals surface area contributed by atoms with Crippen molar-refractivity contribution in [1.29, 1.82) is 0 Å². The number of aryl methyl sites for hydroxylation is 2. The zero-order valence-electron chi connectivity index (χ0n) is 23.3. The number of halogens is 1. The van der Waals surface area contributed by atoms with E-state index >= 15 is 4.39 Å². The molecule has 3 aromatic carbocycles. The Balaban J connectivity index is 2.17. The molecule has 0 amide bonds. The molecule has 3 rings (SSSR count). The van der Waals surface area contributed by atoms with Gasteiger partial charge in [0, 0.05) is 16.0 Å². The summed E-state index contributed by atoms with van der Waals surface area (Å²) in [5.74, 6) is 0.891. The highest BCUT2D eigenvalue weighted by atomic mass is 31.1. The van der Waals surface area contributed by atoms with E-state index in [0.717, 1.165) is 47.0 Å². The van der Waals surface area contributed by atoms with Crippen LogP contribution in [0.2, 0.25) is 0 Å². The minimum atomic E-state index is -0.177. The second kappa shape index (κ2) is 12.4. The van der Waals surface area contributed by atoms with Crippen molar-refractivity contribution >= 4 is 13.9 Å². The van der Waals surface area contributed by atoms with Gasteiger partial charge >= 0.3 is 0 Å². The first-order valence-electron chi connectivity index (χ1n) is 13.5. The Hall–Kier alpha value is -2.18. The fourth-order valence-electron chi connectivity index (χ4n) is 4.86. The molecule has 0 aromatic heterocycles. The molecule has 0 bridgehead atoms. The van der Waals surface area contributed by atoms with Gasteiger partial charge in [0.25, 0.3) is 0 Å². The summed E-state index contributed by atoms with van der Waals surface area (Å²) >= 11 is 0. The molecular formula is C33H44FOP. The standard InChI is InChI=1S/C33H44FOP/c1-8-10-14-19-33(9-2,36-30-18-17-24(3)20-29(30)34)28-22-27(32(5,6)7)21-25(4)31(28)35-23-26-15-12-11-13-16-26/h11-13,15-18,20-22,36H,8-10,14,19,23H2,1-7H3. The van der Waals surface area contributed by atoms with Gasteiger partial charge in [-0.05, 0) is 60.4 Å². The molecule has 0 saturated carbocycles. The average molecular weight is 507 g/mol. The van der Waals surface area contributed by atoms with Gasteiger partial charge in [-0.3, -0.25) is 0 Å². The lowest BCUT2D eigenvalue weighted by Gasteiger charge is -2.37. The maximum absolute atomic E-state index is 15.2. The molecule has 0 heterocycles. The molecular weight excluding hydrogens is 462 g/mol. The quantitative estimate of drug-likeness (QED) is 0.186. The van der Waals surface area contributed by atoms with E-state index in [9.17, 15) is 0 Å². The van der Waals surface area contributed by atoms with E-state index in [2.05, 4.69) is 77.9 Å². The van der Waals surface area contributed by atoms with E-state index in [1.165, 1.54) is 24.0 Å². The Labute approximate surface area is 220 Å². The third-order valence-electron chi connectivity index (χ3n) is 7.19. The van der Waals surface area contributed by atoms with Crippen LogP contribution in [-0.4, -0.2) is 0 Å². The lowest BCUT2D eigenvalue weighted by atomic mass is 9.80. The second-order valence-corrected chi connectivity index (χ2v) is 12.9. The molecule has 36 heavy (non-hydrogen) atoms. The number of ether oxygens (including phenoxy) is 1. The molecule has 0 aliphatic heterocycles. The molecule has 2 atom stereocenters. The summed E-state index contributed by atoms with van der Waals surface area (Å²) in [6.07, 6.45) is 5.44. The van der Waals surface area contributed by atoms with Crippen molar-refractivity contribution in [2.75, 3.05) is 0 Å². The fraction of sp³-hybridized carbons (Fsp3) is 0.455. The molecule has 1 nitrogen and oxygen atoms in total. The molecule has 0 spiro atoms. The van der Waals surface area contributed by atoms with Crippen molar-refractivity contribution in [3.05, 3.63) is 94.3 Å². The molecule has 3 heteroatoms. The Kier molecular flexibility index (Phi) is 9.76. The van der Waals surface area contributed by atoms with Crippen molar-refractivity contribution in [3.63, 3.8) is 0 Å². The van der Waals surface area contributed by atoms with Crippen LogP contribution in [0.15, 0.2) is 60.7 Å². The SMILES string of the molecule is CCCCCC(CC)(Pc1ccc(C)cc1F)c1cc(C(C)(C)C)cc(C)c1OCc1ccccc1. The summed E-state index contributed by atoms with van der Waals surface area (Å²) in [6, 6.07) is 20.7. The average Bonchev–Trinajstić information content (AvgIpc) is 2.84. The molecule has 2 unspecified atom stereocenters. The lowest BCUT2D eigenvalue weighted by Crippen LogP contribution is -2.26. The van der Waals surface area contributed by atoms with Crippen LogP contribution in [0, 0.1) is 19.7 Å². The van der Waals surface area contributed by atoms with Gasteiger partial charge in [0.15, 0.2) is 0 Å². The molecule has 194 valence electrons. The van der Waals surface area contributed by atoms with Gasteiger partial charge < -0.3 is 4.74 Å². The van der Waals surface area contributed by atoms with E-state index in [4.69, 9.17) is 4.74 Å². The van der Waals surface area contributed by atoms with Gasteiger partial charge in [0.05, 0.1) is 0 Å². The van der Waals surface area contributed by atoms with Crippen LogP contribution in [0.5, 0.6) is 5.75 Å². The zero-order chi connectivity index (χ0) is 26.3. The maximum atomic E-state index is 15.2. The van der Waals surface area contributed by atoms with Gasteiger partial charge in [-0.25, -0.2) is 4.39 Å². The lowest BCUT2D eigenvalue weighted by molar-refractivity contribution is 0.295. The van der Waals surface area contributed by atoms with Crippen LogP contribution in [0.25, 0.3) is 0 Å². The number of rotatable bonds is 11. The normalized spacial score (nSPS) is 13.8. The smallest absolute Gasteiger partial charge is 0.130 e. The Morgan fingerprint density at radius 2 is 1.61 bits per heavy atom. The molecule has 0 aliphatic rings. The minimum absolute atomic E-state index is 0.0125. The van der Waals surface area contributed by atoms with E-state index < -0.39 is 0 Å². The molecule has 0 aliphatic carbocycles. The van der Waals surface area contributed by atoms with Crippen molar-refractivity contribution in [3.8, 4) is 5.75 Å². The first-order valence-corrected chi connectivity index (χ1v) is 14.5. The topological polar surface area (TPSA) is 9.23 Å². The van der Waals surface area contributed by atoms with E-state index in [-0.39, 0.29) is 16.4 Å². The Bertz CT molecular complexity index is 1130. The van der Waals surface area contributed by atoms with Gasteiger partial charge in [0.2, 0.25) is 0 Å². The van der Waals surface area contributed by atoms with Crippen LogP contribution in [0.4, 0.5) is 4.39 Å². The Morgan fingerprint density at radius 1 is 0.889 bits per heavy atom. The van der Waals surface area contributed by atoms with Crippen LogP contribution < -0.4 is 10.0 Å². The van der Waals surface area contributed by atoms with E-state index in [1.807, 2.05) is 25.1 Å². The highest BCUT2D eigenvalue weighted by Crippen LogP contribution is 2.53. The summed E-state index contributed by atoms with van der Waals surface area (Å²) in [7, 11) is 0.338. The molecule has 0 fully saturated rings. The maximum Gasteiger partial charge on any atom is 0.130 e. The van der Waals surface area contributed by atoms with Crippen molar-refractivity contribution in [2.24, 2.45) is 0 Å². The zero-order valence-corrected chi connectivity index (χ0v) is 24.3. The largest absolute Gasteiger partial charge is 0.488 e. The third kappa shape index (κ3) is 6.98. The minimum Gasteiger partial charge on any atom is -0.488 e. The predicted octanol–water partition coefficient (Wildman–Crippen LogP) is 9.51. The monoisotopic (exact) mass is 506 g/mol. The first-order chi connectivity index (χ1) is 17.1. The summed E-state index contributed by atoms with van der Waals surface area (Å²) in [5.41, 5.74) is 5.86. The number of hydrogen-bond donors (Lipinski definition) is 0. The first kappa shape index (κ1) is 28.4. The van der Waals surface area contributed by atoms with Gasteiger partial charge in [-0.15, -0.1) is 0 Å². The number of unbranched alkanes of at least 4 members (excludes halogenated alkanes) is 2. The summed E-state index contributed by atoms with van der Waals surface area (Å²) < 4.78 is 21.8. The summed E-state index contributed by atoms with van der Waals surface area (Å²) in [5, 5.41) is 0.648.